The fraction of sp³-hybridized carbons (Fsp3) is 0.562. The van der Waals surface area contributed by atoms with Crippen molar-refractivity contribution in [3.63, 3.8) is 0 Å². The van der Waals surface area contributed by atoms with E-state index in [0.29, 0.717) is 25.9 Å². The largest absolute Gasteiger partial charge is 0.481 e. The predicted octanol–water partition coefficient (Wildman–Crippen LogP) is 1.85. The van der Waals surface area contributed by atoms with E-state index in [9.17, 15) is 13.2 Å². The van der Waals surface area contributed by atoms with E-state index < -0.39 is 15.8 Å². The van der Waals surface area contributed by atoms with Gasteiger partial charge in [0.15, 0.2) is 9.84 Å². The molecule has 1 aliphatic heterocycles. The molecule has 1 heterocycles. The number of aryl methyl sites for hydroxylation is 1. The number of nitrogens with zero attached hydrogens (tertiary/aromatic N) is 1. The molecule has 0 radical (unpaired) electrons. The molecule has 1 fully saturated rings. The number of benzene rings is 1. The molecular formula is C16H23NO4S. The SMILES string of the molecule is Cc1ccc(CN(CCCC(=O)O)[C@@H]2CCS(=O)(=O)C2)cc1. The zero-order valence-electron chi connectivity index (χ0n) is 12.9. The summed E-state index contributed by atoms with van der Waals surface area (Å²) in [5, 5.41) is 8.78. The maximum absolute atomic E-state index is 11.7. The van der Waals surface area contributed by atoms with Crippen LogP contribution in [0.25, 0.3) is 0 Å². The second kappa shape index (κ2) is 7.24. The first kappa shape index (κ1) is 17.0. The van der Waals surface area contributed by atoms with Crippen LogP contribution in [0, 0.1) is 6.92 Å². The first-order valence-corrected chi connectivity index (χ1v) is 9.40. The third kappa shape index (κ3) is 5.10. The zero-order chi connectivity index (χ0) is 16.2. The predicted molar refractivity (Wildman–Crippen MR) is 85.5 cm³/mol. The van der Waals surface area contributed by atoms with Crippen molar-refractivity contribution < 1.29 is 18.3 Å². The van der Waals surface area contributed by atoms with Crippen LogP contribution in [-0.2, 0) is 21.2 Å². The third-order valence-electron chi connectivity index (χ3n) is 4.07. The van der Waals surface area contributed by atoms with Crippen LogP contribution < -0.4 is 0 Å². The van der Waals surface area contributed by atoms with Gasteiger partial charge in [-0.2, -0.15) is 0 Å². The van der Waals surface area contributed by atoms with Crippen molar-refractivity contribution in [2.45, 2.75) is 38.8 Å². The fourth-order valence-electron chi connectivity index (χ4n) is 2.82. The van der Waals surface area contributed by atoms with E-state index in [-0.39, 0.29) is 24.0 Å². The number of carboxylic acids is 1. The van der Waals surface area contributed by atoms with Gasteiger partial charge in [0.1, 0.15) is 0 Å². The van der Waals surface area contributed by atoms with Gasteiger partial charge in [0.2, 0.25) is 0 Å². The van der Waals surface area contributed by atoms with Gasteiger partial charge in [-0.1, -0.05) is 29.8 Å². The van der Waals surface area contributed by atoms with Gasteiger partial charge in [-0.05, 0) is 31.9 Å². The Balaban J connectivity index is 2.03. The highest BCUT2D eigenvalue weighted by molar-refractivity contribution is 7.91. The van der Waals surface area contributed by atoms with Gasteiger partial charge >= 0.3 is 5.97 Å². The van der Waals surface area contributed by atoms with Gasteiger partial charge < -0.3 is 5.11 Å². The molecule has 1 saturated heterocycles. The Labute approximate surface area is 131 Å². The minimum atomic E-state index is -2.94. The Bertz CT molecular complexity index is 610. The molecule has 1 aromatic rings. The minimum Gasteiger partial charge on any atom is -0.481 e. The number of carbonyl (C=O) groups is 1. The summed E-state index contributed by atoms with van der Waals surface area (Å²) in [7, 11) is -2.94. The Morgan fingerprint density at radius 2 is 2.00 bits per heavy atom. The van der Waals surface area contributed by atoms with Gasteiger partial charge in [0.05, 0.1) is 11.5 Å². The second-order valence-corrected chi connectivity index (χ2v) is 8.24. The molecule has 22 heavy (non-hydrogen) atoms. The second-order valence-electron chi connectivity index (χ2n) is 6.01. The Morgan fingerprint density at radius 1 is 1.32 bits per heavy atom. The summed E-state index contributed by atoms with van der Waals surface area (Å²) >= 11 is 0. The summed E-state index contributed by atoms with van der Waals surface area (Å²) in [4.78, 5) is 12.8. The van der Waals surface area contributed by atoms with Gasteiger partial charge in [-0.3, -0.25) is 9.69 Å². The molecular weight excluding hydrogens is 302 g/mol. The van der Waals surface area contributed by atoms with E-state index >= 15 is 0 Å². The molecule has 2 rings (SSSR count). The molecule has 0 amide bonds. The lowest BCUT2D eigenvalue weighted by Crippen LogP contribution is -2.36. The monoisotopic (exact) mass is 325 g/mol. The van der Waals surface area contributed by atoms with Crippen molar-refractivity contribution in [3.8, 4) is 0 Å². The van der Waals surface area contributed by atoms with Gasteiger partial charge in [-0.25, -0.2) is 8.42 Å². The van der Waals surface area contributed by atoms with E-state index in [1.54, 1.807) is 0 Å². The van der Waals surface area contributed by atoms with Crippen LogP contribution in [0.2, 0.25) is 0 Å². The summed E-state index contributed by atoms with van der Waals surface area (Å²) in [5.74, 6) is -0.387. The maximum Gasteiger partial charge on any atom is 0.303 e. The summed E-state index contributed by atoms with van der Waals surface area (Å²) < 4.78 is 23.4. The van der Waals surface area contributed by atoms with Crippen LogP contribution in [0.15, 0.2) is 24.3 Å². The van der Waals surface area contributed by atoms with Gasteiger partial charge in [0, 0.05) is 19.0 Å². The number of rotatable bonds is 7. The highest BCUT2D eigenvalue weighted by Crippen LogP contribution is 2.20. The lowest BCUT2D eigenvalue weighted by Gasteiger charge is -2.28. The molecule has 0 saturated carbocycles. The maximum atomic E-state index is 11.7. The van der Waals surface area contributed by atoms with Crippen LogP contribution in [0.1, 0.15) is 30.4 Å². The number of hydrogen-bond acceptors (Lipinski definition) is 4. The van der Waals surface area contributed by atoms with Crippen LogP contribution in [-0.4, -0.2) is 48.5 Å². The van der Waals surface area contributed by atoms with E-state index in [1.807, 2.05) is 31.2 Å². The highest BCUT2D eigenvalue weighted by Gasteiger charge is 2.32. The molecule has 0 bridgehead atoms. The first-order valence-electron chi connectivity index (χ1n) is 7.57. The lowest BCUT2D eigenvalue weighted by molar-refractivity contribution is -0.137. The molecule has 5 nitrogen and oxygen atoms in total. The topological polar surface area (TPSA) is 74.7 Å². The molecule has 0 spiro atoms. The minimum absolute atomic E-state index is 0.0000907. The summed E-state index contributed by atoms with van der Waals surface area (Å²) in [6.45, 7) is 3.30. The molecule has 6 heteroatoms. The summed E-state index contributed by atoms with van der Waals surface area (Å²) in [6, 6.07) is 8.17. The van der Waals surface area contributed by atoms with Crippen LogP contribution in [0.4, 0.5) is 0 Å². The van der Waals surface area contributed by atoms with E-state index in [2.05, 4.69) is 4.90 Å². The Morgan fingerprint density at radius 3 is 2.55 bits per heavy atom. The van der Waals surface area contributed by atoms with Crippen molar-refractivity contribution in [2.24, 2.45) is 0 Å². The lowest BCUT2D eigenvalue weighted by atomic mass is 10.1. The Kier molecular flexibility index (Phi) is 5.58. The molecule has 1 aliphatic rings. The number of hydrogen-bond donors (Lipinski definition) is 1. The molecule has 1 aromatic carbocycles. The number of aliphatic carboxylic acids is 1. The molecule has 1 atom stereocenters. The smallest absolute Gasteiger partial charge is 0.303 e. The van der Waals surface area contributed by atoms with Crippen LogP contribution in [0.3, 0.4) is 0 Å². The number of carboxylic acid groups (broad SMARTS) is 1. The molecule has 122 valence electrons. The molecule has 0 aliphatic carbocycles. The first-order chi connectivity index (χ1) is 10.4. The average molecular weight is 325 g/mol. The Hall–Kier alpha value is -1.40. The summed E-state index contributed by atoms with van der Waals surface area (Å²) in [5.41, 5.74) is 2.31. The number of sulfone groups is 1. The summed E-state index contributed by atoms with van der Waals surface area (Å²) in [6.07, 6.45) is 1.29. The van der Waals surface area contributed by atoms with Gasteiger partial charge in [-0.15, -0.1) is 0 Å². The van der Waals surface area contributed by atoms with Crippen LogP contribution >= 0.6 is 0 Å². The molecule has 0 unspecified atom stereocenters. The highest BCUT2D eigenvalue weighted by atomic mass is 32.2. The quantitative estimate of drug-likeness (QED) is 0.828. The average Bonchev–Trinajstić information content (AvgIpc) is 2.80. The fourth-order valence-corrected chi connectivity index (χ4v) is 4.58. The standard InChI is InChI=1S/C16H23NO4S/c1-13-4-6-14(7-5-13)11-17(9-2-3-16(18)19)15-8-10-22(20,21)12-15/h4-7,15H,2-3,8-12H2,1H3,(H,18,19)/t15-/m1/s1. The van der Waals surface area contributed by atoms with Gasteiger partial charge in [0.25, 0.3) is 0 Å². The van der Waals surface area contributed by atoms with E-state index in [1.165, 1.54) is 5.56 Å². The van der Waals surface area contributed by atoms with Crippen LogP contribution in [0.5, 0.6) is 0 Å². The van der Waals surface area contributed by atoms with E-state index in [0.717, 1.165) is 5.56 Å². The molecule has 0 aromatic heterocycles. The van der Waals surface area contributed by atoms with Crippen molar-refractivity contribution in [1.29, 1.82) is 0 Å². The zero-order valence-corrected chi connectivity index (χ0v) is 13.7. The van der Waals surface area contributed by atoms with Crippen molar-refractivity contribution in [3.05, 3.63) is 35.4 Å². The van der Waals surface area contributed by atoms with E-state index in [4.69, 9.17) is 5.11 Å². The third-order valence-corrected chi connectivity index (χ3v) is 5.82. The molecule has 1 N–H and O–H groups in total. The normalized spacial score (nSPS) is 20.4. The van der Waals surface area contributed by atoms with Crippen molar-refractivity contribution in [2.75, 3.05) is 18.1 Å². The van der Waals surface area contributed by atoms with Crippen molar-refractivity contribution >= 4 is 15.8 Å². The van der Waals surface area contributed by atoms with Crippen molar-refractivity contribution in [1.82, 2.24) is 4.90 Å².